The molecule has 4 heteroatoms. The summed E-state index contributed by atoms with van der Waals surface area (Å²) in [4.78, 5) is 5.94. The Labute approximate surface area is 121 Å². The van der Waals surface area contributed by atoms with Gasteiger partial charge in [0.1, 0.15) is 0 Å². The van der Waals surface area contributed by atoms with Crippen molar-refractivity contribution in [3.05, 3.63) is 16.7 Å². The Bertz CT molecular complexity index is 508. The third-order valence-electron chi connectivity index (χ3n) is 4.74. The van der Waals surface area contributed by atoms with Crippen molar-refractivity contribution in [2.24, 2.45) is 0 Å². The third-order valence-corrected chi connectivity index (χ3v) is 5.05. The lowest BCUT2D eigenvalue weighted by Crippen LogP contribution is -2.39. The average Bonchev–Trinajstić information content (AvgIpc) is 2.92. The second-order valence-electron chi connectivity index (χ2n) is 7.11. The highest BCUT2D eigenvalue weighted by atomic mass is 32.1. The molecule has 2 unspecified atom stereocenters. The van der Waals surface area contributed by atoms with Gasteiger partial charge in [-0.1, -0.05) is 20.8 Å². The van der Waals surface area contributed by atoms with Crippen LogP contribution in [0.15, 0.2) is 6.20 Å². The summed E-state index contributed by atoms with van der Waals surface area (Å²) in [6.07, 6.45) is 7.38. The maximum Gasteiger partial charge on any atom is 0.177 e. The Morgan fingerprint density at radius 3 is 2.74 bits per heavy atom. The van der Waals surface area contributed by atoms with Crippen molar-refractivity contribution in [1.82, 2.24) is 14.5 Å². The molecule has 1 aromatic heterocycles. The van der Waals surface area contributed by atoms with Crippen LogP contribution < -0.4 is 0 Å². The molecule has 1 N–H and O–H groups in total. The lowest BCUT2D eigenvalue weighted by atomic mass is 9.90. The second-order valence-corrected chi connectivity index (χ2v) is 7.50. The first-order valence-corrected chi connectivity index (χ1v) is 7.92. The van der Waals surface area contributed by atoms with Gasteiger partial charge < -0.3 is 14.5 Å². The molecule has 3 heterocycles. The number of aromatic nitrogens is 2. The van der Waals surface area contributed by atoms with Gasteiger partial charge in [0.05, 0.1) is 0 Å². The van der Waals surface area contributed by atoms with Crippen molar-refractivity contribution in [3.8, 4) is 0 Å². The van der Waals surface area contributed by atoms with Gasteiger partial charge in [0.2, 0.25) is 0 Å². The summed E-state index contributed by atoms with van der Waals surface area (Å²) >= 11 is 5.54. The van der Waals surface area contributed by atoms with Crippen LogP contribution in [0.2, 0.25) is 0 Å². The number of hydrogen-bond acceptors (Lipinski definition) is 2. The Morgan fingerprint density at radius 1 is 1.21 bits per heavy atom. The zero-order valence-electron chi connectivity index (χ0n) is 12.3. The maximum absolute atomic E-state index is 5.54. The van der Waals surface area contributed by atoms with Crippen molar-refractivity contribution in [3.63, 3.8) is 0 Å². The van der Waals surface area contributed by atoms with Gasteiger partial charge in [-0.2, -0.15) is 0 Å². The molecule has 2 aliphatic heterocycles. The molecule has 0 amide bonds. The molecule has 0 bridgehead atoms. The lowest BCUT2D eigenvalue weighted by molar-refractivity contribution is 0.152. The number of nitrogens with zero attached hydrogens (tertiary/aromatic N) is 2. The summed E-state index contributed by atoms with van der Waals surface area (Å²) in [6.45, 7) is 9.36. The number of H-pyrrole nitrogens is 1. The van der Waals surface area contributed by atoms with Crippen LogP contribution in [-0.4, -0.2) is 33.6 Å². The van der Waals surface area contributed by atoms with Crippen molar-refractivity contribution in [2.45, 2.75) is 64.0 Å². The van der Waals surface area contributed by atoms with E-state index in [2.05, 4.69) is 41.4 Å². The van der Waals surface area contributed by atoms with Crippen LogP contribution in [0.3, 0.4) is 0 Å². The molecule has 2 fully saturated rings. The topological polar surface area (TPSA) is 24.0 Å². The fourth-order valence-corrected chi connectivity index (χ4v) is 4.06. The molecule has 0 aromatic carbocycles. The van der Waals surface area contributed by atoms with Crippen LogP contribution in [0, 0.1) is 4.77 Å². The fourth-order valence-electron chi connectivity index (χ4n) is 3.76. The van der Waals surface area contributed by atoms with Gasteiger partial charge in [0, 0.05) is 35.9 Å². The molecular weight excluding hydrogens is 254 g/mol. The Balaban J connectivity index is 1.90. The van der Waals surface area contributed by atoms with E-state index in [4.69, 9.17) is 12.2 Å². The zero-order chi connectivity index (χ0) is 13.6. The monoisotopic (exact) mass is 279 g/mol. The zero-order valence-corrected chi connectivity index (χ0v) is 13.1. The van der Waals surface area contributed by atoms with Crippen LogP contribution in [0.5, 0.6) is 0 Å². The minimum absolute atomic E-state index is 0.153. The van der Waals surface area contributed by atoms with Gasteiger partial charge in [-0.25, -0.2) is 0 Å². The largest absolute Gasteiger partial charge is 0.337 e. The molecule has 19 heavy (non-hydrogen) atoms. The van der Waals surface area contributed by atoms with Crippen molar-refractivity contribution < 1.29 is 0 Å². The van der Waals surface area contributed by atoms with E-state index < -0.39 is 0 Å². The highest BCUT2D eigenvalue weighted by Crippen LogP contribution is 2.36. The number of fused-ring (bicyclic) bond motifs is 1. The van der Waals surface area contributed by atoms with Crippen molar-refractivity contribution in [2.75, 3.05) is 13.1 Å². The van der Waals surface area contributed by atoms with Crippen LogP contribution in [-0.2, 0) is 5.41 Å². The van der Waals surface area contributed by atoms with Gasteiger partial charge in [-0.05, 0) is 44.4 Å². The Hall–Kier alpha value is -0.610. The Morgan fingerprint density at radius 2 is 2.00 bits per heavy atom. The average molecular weight is 279 g/mol. The molecule has 2 aliphatic rings. The molecule has 0 spiro atoms. The van der Waals surface area contributed by atoms with Gasteiger partial charge in [-0.15, -0.1) is 0 Å². The smallest absolute Gasteiger partial charge is 0.177 e. The number of nitrogens with one attached hydrogen (secondary N) is 1. The summed E-state index contributed by atoms with van der Waals surface area (Å²) in [7, 11) is 0. The molecule has 2 saturated heterocycles. The van der Waals surface area contributed by atoms with E-state index in [0.29, 0.717) is 6.04 Å². The number of imidazole rings is 1. The van der Waals surface area contributed by atoms with Gasteiger partial charge in [-0.3, -0.25) is 0 Å². The van der Waals surface area contributed by atoms with Crippen LogP contribution in [0.1, 0.15) is 58.2 Å². The number of hydrogen-bond donors (Lipinski definition) is 1. The number of rotatable bonds is 1. The molecule has 3 nitrogen and oxygen atoms in total. The summed E-state index contributed by atoms with van der Waals surface area (Å²) in [5.74, 6) is 0. The van der Waals surface area contributed by atoms with E-state index in [1.165, 1.54) is 44.5 Å². The minimum atomic E-state index is 0.153. The van der Waals surface area contributed by atoms with E-state index in [-0.39, 0.29) is 5.41 Å². The van der Waals surface area contributed by atoms with Crippen molar-refractivity contribution in [1.29, 1.82) is 0 Å². The normalized spacial score (nSPS) is 28.6. The summed E-state index contributed by atoms with van der Waals surface area (Å²) in [6, 6.07) is 1.38. The van der Waals surface area contributed by atoms with E-state index in [9.17, 15) is 0 Å². The molecule has 0 aliphatic carbocycles. The van der Waals surface area contributed by atoms with Crippen molar-refractivity contribution >= 4 is 12.2 Å². The standard InChI is InChI=1S/C15H25N3S/c1-15(2,3)13-10-16-14(19)18(13)12-6-8-17-7-4-5-11(17)9-12/h10-12H,4-9H2,1-3H3,(H,16,19). The molecular formula is C15H25N3S. The molecule has 2 atom stereocenters. The third kappa shape index (κ3) is 2.40. The molecule has 0 saturated carbocycles. The lowest BCUT2D eigenvalue weighted by Gasteiger charge is -2.37. The molecule has 1 aromatic rings. The fraction of sp³-hybridized carbons (Fsp3) is 0.800. The molecule has 3 rings (SSSR count). The molecule has 0 radical (unpaired) electrons. The predicted octanol–water partition coefficient (Wildman–Crippen LogP) is 3.64. The SMILES string of the molecule is CC(C)(C)c1c[nH]c(=S)n1C1CCN2CCCC2C1. The number of piperidine rings is 1. The minimum Gasteiger partial charge on any atom is -0.337 e. The van der Waals surface area contributed by atoms with E-state index in [0.717, 1.165) is 10.8 Å². The number of aromatic amines is 1. The van der Waals surface area contributed by atoms with E-state index >= 15 is 0 Å². The predicted molar refractivity (Wildman–Crippen MR) is 81.2 cm³/mol. The van der Waals surface area contributed by atoms with Crippen LogP contribution in [0.25, 0.3) is 0 Å². The van der Waals surface area contributed by atoms with Crippen LogP contribution in [0.4, 0.5) is 0 Å². The maximum atomic E-state index is 5.54. The van der Waals surface area contributed by atoms with E-state index in [1.807, 2.05) is 0 Å². The summed E-state index contributed by atoms with van der Waals surface area (Å²) in [5, 5.41) is 0. The second kappa shape index (κ2) is 4.74. The van der Waals surface area contributed by atoms with E-state index in [1.54, 1.807) is 0 Å². The first-order chi connectivity index (χ1) is 8.97. The quantitative estimate of drug-likeness (QED) is 0.794. The first-order valence-electron chi connectivity index (χ1n) is 7.51. The van der Waals surface area contributed by atoms with Gasteiger partial charge in [0.15, 0.2) is 4.77 Å². The Kier molecular flexibility index (Phi) is 3.34. The molecule has 106 valence electrons. The van der Waals surface area contributed by atoms with Gasteiger partial charge in [0.25, 0.3) is 0 Å². The first kappa shape index (κ1) is 13.4. The summed E-state index contributed by atoms with van der Waals surface area (Å²) in [5.41, 5.74) is 1.51. The van der Waals surface area contributed by atoms with Crippen LogP contribution >= 0.6 is 12.2 Å². The highest BCUT2D eigenvalue weighted by molar-refractivity contribution is 7.71. The highest BCUT2D eigenvalue weighted by Gasteiger charge is 2.34. The summed E-state index contributed by atoms with van der Waals surface area (Å²) < 4.78 is 3.31. The van der Waals surface area contributed by atoms with Gasteiger partial charge >= 0.3 is 0 Å².